The van der Waals surface area contributed by atoms with Gasteiger partial charge in [-0.25, -0.2) is 4.79 Å². The number of hydrogen-bond acceptors (Lipinski definition) is 4. The van der Waals surface area contributed by atoms with Crippen LogP contribution in [0.15, 0.2) is 24.3 Å². The van der Waals surface area contributed by atoms with Gasteiger partial charge in [0.15, 0.2) is 0 Å². The van der Waals surface area contributed by atoms with Gasteiger partial charge in [-0.1, -0.05) is 0 Å². The van der Waals surface area contributed by atoms with Gasteiger partial charge in [-0.2, -0.15) is 0 Å². The van der Waals surface area contributed by atoms with E-state index in [1.807, 2.05) is 12.1 Å². The summed E-state index contributed by atoms with van der Waals surface area (Å²) in [5, 5.41) is 3.48. The molecule has 0 aliphatic heterocycles. The normalized spacial score (nSPS) is 22.8. The lowest BCUT2D eigenvalue weighted by atomic mass is 9.91. The molecule has 2 atom stereocenters. The number of anilines is 1. The molecule has 4 nitrogen and oxygen atoms in total. The average Bonchev–Trinajstić information content (AvgIpc) is 2.40. The van der Waals surface area contributed by atoms with E-state index in [-0.39, 0.29) is 5.97 Å². The van der Waals surface area contributed by atoms with E-state index in [4.69, 9.17) is 10.5 Å². The van der Waals surface area contributed by atoms with Crippen LogP contribution in [0.2, 0.25) is 0 Å². The van der Waals surface area contributed by atoms with Crippen LogP contribution in [0, 0.1) is 0 Å². The molecule has 19 heavy (non-hydrogen) atoms. The van der Waals surface area contributed by atoms with Gasteiger partial charge in [-0.3, -0.25) is 0 Å². The average molecular weight is 262 g/mol. The molecule has 104 valence electrons. The first-order chi connectivity index (χ1) is 9.19. The van der Waals surface area contributed by atoms with Crippen molar-refractivity contribution < 1.29 is 9.53 Å². The lowest BCUT2D eigenvalue weighted by molar-refractivity contribution is 0.0526. The Morgan fingerprint density at radius 2 is 2.11 bits per heavy atom. The fourth-order valence-corrected chi connectivity index (χ4v) is 2.51. The van der Waals surface area contributed by atoms with Gasteiger partial charge in [0.2, 0.25) is 0 Å². The predicted molar refractivity (Wildman–Crippen MR) is 76.3 cm³/mol. The molecule has 0 saturated heterocycles. The minimum absolute atomic E-state index is 0.270. The number of carbonyl (C=O) groups excluding carboxylic acids is 1. The molecule has 0 radical (unpaired) electrons. The van der Waals surface area contributed by atoms with Crippen LogP contribution in [0.3, 0.4) is 0 Å². The molecule has 1 fully saturated rings. The van der Waals surface area contributed by atoms with E-state index in [9.17, 15) is 4.79 Å². The number of ether oxygens (including phenoxy) is 1. The number of esters is 1. The largest absolute Gasteiger partial charge is 0.462 e. The van der Waals surface area contributed by atoms with Crippen LogP contribution in [0.5, 0.6) is 0 Å². The summed E-state index contributed by atoms with van der Waals surface area (Å²) in [5.41, 5.74) is 7.60. The Morgan fingerprint density at radius 3 is 2.74 bits per heavy atom. The van der Waals surface area contributed by atoms with Crippen LogP contribution in [0.1, 0.15) is 43.0 Å². The van der Waals surface area contributed by atoms with Gasteiger partial charge >= 0.3 is 5.97 Å². The zero-order chi connectivity index (χ0) is 13.7. The van der Waals surface area contributed by atoms with Crippen LogP contribution < -0.4 is 11.1 Å². The third kappa shape index (κ3) is 3.96. The zero-order valence-electron chi connectivity index (χ0n) is 11.4. The van der Waals surface area contributed by atoms with Gasteiger partial charge in [0.25, 0.3) is 0 Å². The number of hydrogen-bond donors (Lipinski definition) is 2. The summed E-state index contributed by atoms with van der Waals surface area (Å²) in [4.78, 5) is 11.5. The van der Waals surface area contributed by atoms with Gasteiger partial charge < -0.3 is 15.8 Å². The molecule has 1 aliphatic rings. The van der Waals surface area contributed by atoms with Crippen molar-refractivity contribution >= 4 is 11.7 Å². The highest BCUT2D eigenvalue weighted by Crippen LogP contribution is 2.21. The molecule has 1 saturated carbocycles. The van der Waals surface area contributed by atoms with Crippen LogP contribution >= 0.6 is 0 Å². The third-order valence-corrected chi connectivity index (χ3v) is 3.48. The van der Waals surface area contributed by atoms with E-state index in [1.54, 1.807) is 19.1 Å². The van der Waals surface area contributed by atoms with Crippen LogP contribution in [-0.4, -0.2) is 24.7 Å². The Hall–Kier alpha value is -1.55. The maximum Gasteiger partial charge on any atom is 0.338 e. The maximum absolute atomic E-state index is 11.5. The van der Waals surface area contributed by atoms with Crippen molar-refractivity contribution in [2.45, 2.75) is 44.7 Å². The maximum atomic E-state index is 11.5. The molecular weight excluding hydrogens is 240 g/mol. The SMILES string of the molecule is CCOC(=O)c1ccc(NC2CCCC(N)C2)cc1. The highest BCUT2D eigenvalue weighted by Gasteiger charge is 2.18. The standard InChI is InChI=1S/C15H22N2O2/c1-2-19-15(18)11-6-8-13(9-7-11)17-14-5-3-4-12(16)10-14/h6-9,12,14,17H,2-5,10,16H2,1H3. The van der Waals surface area contributed by atoms with E-state index in [0.717, 1.165) is 24.9 Å². The van der Waals surface area contributed by atoms with Crippen LogP contribution in [0.4, 0.5) is 5.69 Å². The first-order valence-corrected chi connectivity index (χ1v) is 6.98. The minimum atomic E-state index is -0.270. The molecule has 0 bridgehead atoms. The second-order valence-corrected chi connectivity index (χ2v) is 5.07. The zero-order valence-corrected chi connectivity index (χ0v) is 11.4. The summed E-state index contributed by atoms with van der Waals surface area (Å²) < 4.78 is 4.96. The summed E-state index contributed by atoms with van der Waals surface area (Å²) in [7, 11) is 0. The fraction of sp³-hybridized carbons (Fsp3) is 0.533. The molecule has 2 unspecified atom stereocenters. The molecule has 1 aromatic carbocycles. The minimum Gasteiger partial charge on any atom is -0.462 e. The lowest BCUT2D eigenvalue weighted by Crippen LogP contribution is -2.34. The van der Waals surface area contributed by atoms with Crippen molar-refractivity contribution in [2.75, 3.05) is 11.9 Å². The number of rotatable bonds is 4. The smallest absolute Gasteiger partial charge is 0.338 e. The number of nitrogens with two attached hydrogens (primary N) is 1. The lowest BCUT2D eigenvalue weighted by Gasteiger charge is -2.28. The molecule has 4 heteroatoms. The highest BCUT2D eigenvalue weighted by molar-refractivity contribution is 5.89. The molecule has 1 aliphatic carbocycles. The first-order valence-electron chi connectivity index (χ1n) is 6.98. The van der Waals surface area contributed by atoms with Crippen LogP contribution in [0.25, 0.3) is 0 Å². The Bertz CT molecular complexity index is 417. The molecule has 0 aromatic heterocycles. The quantitative estimate of drug-likeness (QED) is 0.818. The first kappa shape index (κ1) is 13.9. The molecule has 3 N–H and O–H groups in total. The van der Waals surface area contributed by atoms with Crippen molar-refractivity contribution in [2.24, 2.45) is 5.73 Å². The Kier molecular flexibility index (Phi) is 4.80. The summed E-state index contributed by atoms with van der Waals surface area (Å²) in [5.74, 6) is -0.270. The summed E-state index contributed by atoms with van der Waals surface area (Å²) in [6, 6.07) is 8.19. The van der Waals surface area contributed by atoms with Gasteiger partial charge in [0, 0.05) is 17.8 Å². The topological polar surface area (TPSA) is 64.3 Å². The van der Waals surface area contributed by atoms with E-state index >= 15 is 0 Å². The number of nitrogens with one attached hydrogen (secondary N) is 1. The Morgan fingerprint density at radius 1 is 1.37 bits per heavy atom. The second-order valence-electron chi connectivity index (χ2n) is 5.07. The summed E-state index contributed by atoms with van der Waals surface area (Å²) in [6.07, 6.45) is 4.48. The van der Waals surface area contributed by atoms with E-state index in [0.29, 0.717) is 24.3 Å². The van der Waals surface area contributed by atoms with Crippen molar-refractivity contribution in [3.8, 4) is 0 Å². The summed E-state index contributed by atoms with van der Waals surface area (Å²) >= 11 is 0. The molecular formula is C15H22N2O2. The van der Waals surface area contributed by atoms with Gasteiger partial charge in [-0.05, 0) is 56.9 Å². The second kappa shape index (κ2) is 6.57. The predicted octanol–water partition coefficient (Wildman–Crippen LogP) is 2.55. The number of benzene rings is 1. The molecule has 0 heterocycles. The Balaban J connectivity index is 1.93. The van der Waals surface area contributed by atoms with Crippen molar-refractivity contribution in [3.05, 3.63) is 29.8 Å². The van der Waals surface area contributed by atoms with E-state index in [1.165, 1.54) is 6.42 Å². The summed E-state index contributed by atoms with van der Waals surface area (Å²) in [6.45, 7) is 2.21. The number of carbonyl (C=O) groups is 1. The molecule has 1 aromatic rings. The fourth-order valence-electron chi connectivity index (χ4n) is 2.51. The molecule has 2 rings (SSSR count). The highest BCUT2D eigenvalue weighted by atomic mass is 16.5. The van der Waals surface area contributed by atoms with E-state index in [2.05, 4.69) is 5.32 Å². The molecule has 0 amide bonds. The van der Waals surface area contributed by atoms with Crippen molar-refractivity contribution in [1.82, 2.24) is 0 Å². The Labute approximate surface area is 114 Å². The van der Waals surface area contributed by atoms with Gasteiger partial charge in [0.1, 0.15) is 0 Å². The monoisotopic (exact) mass is 262 g/mol. The molecule has 0 spiro atoms. The third-order valence-electron chi connectivity index (χ3n) is 3.48. The van der Waals surface area contributed by atoms with Gasteiger partial charge in [-0.15, -0.1) is 0 Å². The van der Waals surface area contributed by atoms with Crippen molar-refractivity contribution in [1.29, 1.82) is 0 Å². The van der Waals surface area contributed by atoms with Gasteiger partial charge in [0.05, 0.1) is 12.2 Å². The van der Waals surface area contributed by atoms with Crippen LogP contribution in [-0.2, 0) is 4.74 Å². The van der Waals surface area contributed by atoms with Crippen molar-refractivity contribution in [3.63, 3.8) is 0 Å². The van der Waals surface area contributed by atoms with E-state index < -0.39 is 0 Å².